The van der Waals surface area contributed by atoms with E-state index in [1.165, 1.54) is 11.3 Å². The van der Waals surface area contributed by atoms with Crippen LogP contribution in [0.15, 0.2) is 35.7 Å². The summed E-state index contributed by atoms with van der Waals surface area (Å²) in [6, 6.07) is 6.17. The van der Waals surface area contributed by atoms with Crippen LogP contribution in [0, 0.1) is 0 Å². The van der Waals surface area contributed by atoms with Gasteiger partial charge in [0.05, 0.1) is 0 Å². The number of aliphatic hydroxyl groups is 2. The fourth-order valence-corrected chi connectivity index (χ4v) is 4.26. The fraction of sp³-hybridized carbons (Fsp3) is 0.474. The molecular formula is C19H19F6NO2S. The highest BCUT2D eigenvalue weighted by molar-refractivity contribution is 7.09. The number of benzene rings is 1. The summed E-state index contributed by atoms with van der Waals surface area (Å²) in [5.74, 6) is 0. The summed E-state index contributed by atoms with van der Waals surface area (Å²) < 4.78 is 79.2. The molecular weight excluding hydrogens is 420 g/mol. The van der Waals surface area contributed by atoms with Gasteiger partial charge >= 0.3 is 12.4 Å². The lowest BCUT2D eigenvalue weighted by atomic mass is 9.89. The van der Waals surface area contributed by atoms with E-state index in [1.54, 1.807) is 4.90 Å². The van der Waals surface area contributed by atoms with Crippen LogP contribution in [0.4, 0.5) is 32.0 Å². The zero-order chi connectivity index (χ0) is 21.4. The van der Waals surface area contributed by atoms with Crippen LogP contribution in [0.1, 0.15) is 28.8 Å². The number of rotatable bonds is 4. The lowest BCUT2D eigenvalue weighted by Crippen LogP contribution is -2.54. The number of thiophene rings is 1. The van der Waals surface area contributed by atoms with Gasteiger partial charge in [0, 0.05) is 29.1 Å². The van der Waals surface area contributed by atoms with Crippen molar-refractivity contribution in [2.45, 2.75) is 49.9 Å². The predicted octanol–water partition coefficient (Wildman–Crippen LogP) is 4.76. The molecule has 1 aromatic carbocycles. The van der Waals surface area contributed by atoms with Crippen LogP contribution in [0.3, 0.4) is 0 Å². The lowest BCUT2D eigenvalue weighted by Gasteiger charge is -2.34. The molecule has 3 nitrogen and oxygen atoms in total. The van der Waals surface area contributed by atoms with Crippen LogP contribution in [-0.2, 0) is 18.4 Å². The van der Waals surface area contributed by atoms with Gasteiger partial charge < -0.3 is 15.1 Å². The summed E-state index contributed by atoms with van der Waals surface area (Å²) in [6.07, 6.45) is -11.1. The third-order valence-corrected chi connectivity index (χ3v) is 5.94. The third kappa shape index (κ3) is 4.10. The summed E-state index contributed by atoms with van der Waals surface area (Å²) >= 11 is 1.44. The minimum absolute atomic E-state index is 0.233. The molecule has 0 saturated carbocycles. The van der Waals surface area contributed by atoms with Gasteiger partial charge in [0.1, 0.15) is 6.23 Å². The molecule has 0 amide bonds. The van der Waals surface area contributed by atoms with E-state index in [9.17, 15) is 36.6 Å². The van der Waals surface area contributed by atoms with Gasteiger partial charge in [-0.2, -0.15) is 26.3 Å². The maximum atomic E-state index is 13.2. The first-order chi connectivity index (χ1) is 13.4. The van der Waals surface area contributed by atoms with E-state index in [-0.39, 0.29) is 18.4 Å². The molecule has 1 unspecified atom stereocenters. The van der Waals surface area contributed by atoms with E-state index in [4.69, 9.17) is 0 Å². The second-order valence-corrected chi connectivity index (χ2v) is 8.00. The van der Waals surface area contributed by atoms with E-state index >= 15 is 0 Å². The number of aryl methyl sites for hydroxylation is 1. The molecule has 0 fully saturated rings. The van der Waals surface area contributed by atoms with Gasteiger partial charge in [-0.1, -0.05) is 18.2 Å². The lowest BCUT2D eigenvalue weighted by molar-refractivity contribution is -0.376. The number of anilines is 1. The average Bonchev–Trinajstić information content (AvgIpc) is 3.02. The van der Waals surface area contributed by atoms with E-state index in [2.05, 4.69) is 0 Å². The van der Waals surface area contributed by atoms with Gasteiger partial charge in [-0.15, -0.1) is 11.3 Å². The molecule has 2 N–H and O–H groups in total. The number of aliphatic hydroxyl groups excluding tert-OH is 1. The van der Waals surface area contributed by atoms with Gasteiger partial charge in [-0.3, -0.25) is 0 Å². The summed E-state index contributed by atoms with van der Waals surface area (Å²) in [5, 5.41) is 22.1. The molecule has 1 aliphatic rings. The highest BCUT2D eigenvalue weighted by Gasteiger charge is 2.71. The Bertz CT molecular complexity index is 820. The molecule has 10 heteroatoms. The van der Waals surface area contributed by atoms with Crippen LogP contribution < -0.4 is 4.90 Å². The van der Waals surface area contributed by atoms with Crippen LogP contribution in [-0.4, -0.2) is 35.3 Å². The highest BCUT2D eigenvalue weighted by Crippen LogP contribution is 2.50. The van der Waals surface area contributed by atoms with Crippen molar-refractivity contribution >= 4 is 17.0 Å². The Labute approximate surface area is 167 Å². The Morgan fingerprint density at radius 3 is 2.31 bits per heavy atom. The Balaban J connectivity index is 2.00. The highest BCUT2D eigenvalue weighted by atomic mass is 32.1. The monoisotopic (exact) mass is 439 g/mol. The first-order valence-electron chi connectivity index (χ1n) is 8.91. The van der Waals surface area contributed by atoms with Gasteiger partial charge in [-0.25, -0.2) is 0 Å². The normalized spacial score (nSPS) is 17.0. The molecule has 0 radical (unpaired) electrons. The van der Waals surface area contributed by atoms with Crippen molar-refractivity contribution in [2.24, 2.45) is 0 Å². The number of fused-ring (bicyclic) bond motifs is 1. The minimum Gasteiger partial charge on any atom is -0.373 e. The van der Waals surface area contributed by atoms with Gasteiger partial charge in [0.2, 0.25) is 0 Å². The minimum atomic E-state index is -5.93. The molecule has 0 spiro atoms. The number of hydrogen-bond acceptors (Lipinski definition) is 4. The van der Waals surface area contributed by atoms with E-state index in [0.717, 1.165) is 17.0 Å². The molecule has 0 bridgehead atoms. The summed E-state index contributed by atoms with van der Waals surface area (Å²) in [6.45, 7) is 0.418. The molecule has 1 atom stereocenters. The molecule has 2 aromatic rings. The molecule has 1 aliphatic heterocycles. The predicted molar refractivity (Wildman–Crippen MR) is 96.8 cm³/mol. The Morgan fingerprint density at radius 2 is 1.72 bits per heavy atom. The van der Waals surface area contributed by atoms with Gasteiger partial charge in [0.25, 0.3) is 5.60 Å². The topological polar surface area (TPSA) is 43.7 Å². The van der Waals surface area contributed by atoms with E-state index in [0.29, 0.717) is 31.1 Å². The molecule has 29 heavy (non-hydrogen) atoms. The summed E-state index contributed by atoms with van der Waals surface area (Å²) in [4.78, 5) is 2.50. The van der Waals surface area contributed by atoms with Crippen molar-refractivity contribution < 1.29 is 36.6 Å². The maximum Gasteiger partial charge on any atom is 0.430 e. The molecule has 1 aromatic heterocycles. The Morgan fingerprint density at radius 1 is 1.03 bits per heavy atom. The molecule has 160 valence electrons. The van der Waals surface area contributed by atoms with Crippen LogP contribution in [0.2, 0.25) is 0 Å². The molecule has 0 aliphatic carbocycles. The van der Waals surface area contributed by atoms with E-state index in [1.807, 2.05) is 17.5 Å². The smallest absolute Gasteiger partial charge is 0.373 e. The van der Waals surface area contributed by atoms with Crippen LogP contribution in [0.25, 0.3) is 0 Å². The van der Waals surface area contributed by atoms with Crippen molar-refractivity contribution in [3.63, 3.8) is 0 Å². The standard InChI is InChI=1S/C19H19F6NO2S/c20-18(21,22)17(28,19(23,24)25)13-6-7-15-12(10-13)4-1-2-8-26(15)16(27)11-14-5-3-9-29-14/h3,5-7,9-10,16,27-28H,1-2,4,8,11H2. The van der Waals surface area contributed by atoms with Crippen molar-refractivity contribution in [3.05, 3.63) is 51.7 Å². The number of hydrogen-bond donors (Lipinski definition) is 2. The summed E-state index contributed by atoms with van der Waals surface area (Å²) in [7, 11) is 0. The average molecular weight is 439 g/mol. The van der Waals surface area contributed by atoms with Crippen molar-refractivity contribution in [1.82, 2.24) is 0 Å². The van der Waals surface area contributed by atoms with Gasteiger partial charge in [0.15, 0.2) is 0 Å². The van der Waals surface area contributed by atoms with Crippen LogP contribution in [0.5, 0.6) is 0 Å². The molecule has 0 saturated heterocycles. The zero-order valence-corrected chi connectivity index (χ0v) is 15.9. The largest absolute Gasteiger partial charge is 0.430 e. The van der Waals surface area contributed by atoms with Crippen molar-refractivity contribution in [3.8, 4) is 0 Å². The Kier molecular flexibility index (Phi) is 5.90. The first kappa shape index (κ1) is 21.9. The number of halogens is 6. The fourth-order valence-electron chi connectivity index (χ4n) is 3.53. The summed E-state index contributed by atoms with van der Waals surface area (Å²) in [5.41, 5.74) is -5.62. The third-order valence-electron chi connectivity index (χ3n) is 5.05. The Hall–Kier alpha value is -1.78. The zero-order valence-electron chi connectivity index (χ0n) is 15.1. The SMILES string of the molecule is OC(Cc1cccs1)N1CCCCc2cc(C(O)(C(F)(F)F)C(F)(F)F)ccc21. The van der Waals surface area contributed by atoms with Crippen LogP contribution >= 0.6 is 11.3 Å². The second kappa shape index (κ2) is 7.81. The van der Waals surface area contributed by atoms with Crippen molar-refractivity contribution in [1.29, 1.82) is 0 Å². The second-order valence-electron chi connectivity index (χ2n) is 6.96. The number of alkyl halides is 6. The molecule has 3 rings (SSSR count). The first-order valence-corrected chi connectivity index (χ1v) is 9.79. The van der Waals surface area contributed by atoms with Gasteiger partial charge in [-0.05, 0) is 42.3 Å². The number of nitrogens with zero attached hydrogens (tertiary/aromatic N) is 1. The maximum absolute atomic E-state index is 13.2. The van der Waals surface area contributed by atoms with E-state index < -0.39 is 29.7 Å². The molecule has 2 heterocycles. The quantitative estimate of drug-likeness (QED) is 0.675. The van der Waals surface area contributed by atoms with Crippen molar-refractivity contribution in [2.75, 3.05) is 11.4 Å².